The number of aromatic nitrogens is 1. The Morgan fingerprint density at radius 3 is 2.58 bits per heavy atom. The van der Waals surface area contributed by atoms with Gasteiger partial charge >= 0.3 is 0 Å². The molecule has 1 aromatic rings. The van der Waals surface area contributed by atoms with Crippen LogP contribution in [-0.2, 0) is 9.84 Å². The lowest BCUT2D eigenvalue weighted by Crippen LogP contribution is -2.21. The fourth-order valence-corrected chi connectivity index (χ4v) is 4.52. The molecule has 0 aliphatic rings. The summed E-state index contributed by atoms with van der Waals surface area (Å²) >= 11 is 1.16. The molecule has 0 aliphatic carbocycles. The number of rotatable bonds is 7. The molecule has 0 bridgehead atoms. The van der Waals surface area contributed by atoms with Crippen LogP contribution in [0.25, 0.3) is 0 Å². The van der Waals surface area contributed by atoms with Gasteiger partial charge in [0.25, 0.3) is 0 Å². The van der Waals surface area contributed by atoms with Gasteiger partial charge in [-0.25, -0.2) is 8.42 Å². The van der Waals surface area contributed by atoms with Crippen molar-refractivity contribution in [1.29, 1.82) is 0 Å². The van der Waals surface area contributed by atoms with Crippen LogP contribution in [0.3, 0.4) is 0 Å². The van der Waals surface area contributed by atoms with Gasteiger partial charge in [-0.15, -0.1) is 0 Å². The minimum absolute atomic E-state index is 0.112. The van der Waals surface area contributed by atoms with Gasteiger partial charge < -0.3 is 10.6 Å². The number of anilines is 2. The van der Waals surface area contributed by atoms with E-state index in [0.29, 0.717) is 17.3 Å². The Hall–Kier alpha value is -0.820. The number of sulfone groups is 1. The Kier molecular flexibility index (Phi) is 5.61. The van der Waals surface area contributed by atoms with Crippen LogP contribution >= 0.6 is 11.5 Å². The Bertz CT molecular complexity index is 509. The lowest BCUT2D eigenvalue weighted by atomic mass is 10.1. The molecule has 0 aromatic carbocycles. The molecule has 1 rings (SSSR count). The van der Waals surface area contributed by atoms with Gasteiger partial charge in [0, 0.05) is 13.6 Å². The highest BCUT2D eigenvalue weighted by Crippen LogP contribution is 2.35. The normalized spacial score (nSPS) is 12.1. The van der Waals surface area contributed by atoms with E-state index in [1.54, 1.807) is 0 Å². The molecule has 5 nitrogen and oxygen atoms in total. The monoisotopic (exact) mass is 305 g/mol. The van der Waals surface area contributed by atoms with E-state index in [9.17, 15) is 8.42 Å². The minimum Gasteiger partial charge on any atom is -0.382 e. The molecule has 0 spiro atoms. The van der Waals surface area contributed by atoms with Gasteiger partial charge in [0.05, 0.1) is 5.75 Å². The fraction of sp³-hybridized carbons (Fsp3) is 0.750. The Morgan fingerprint density at radius 1 is 1.42 bits per heavy atom. The van der Waals surface area contributed by atoms with E-state index in [-0.39, 0.29) is 16.5 Å². The van der Waals surface area contributed by atoms with Gasteiger partial charge in [-0.2, -0.15) is 4.37 Å². The average Bonchev–Trinajstić information content (AvgIpc) is 2.68. The average molecular weight is 305 g/mol. The summed E-state index contributed by atoms with van der Waals surface area (Å²) in [6.45, 7) is 6.93. The van der Waals surface area contributed by atoms with E-state index in [4.69, 9.17) is 5.73 Å². The van der Waals surface area contributed by atoms with Crippen molar-refractivity contribution in [2.24, 2.45) is 5.92 Å². The lowest BCUT2D eigenvalue weighted by Gasteiger charge is -2.19. The minimum atomic E-state index is -3.33. The maximum absolute atomic E-state index is 12.2. The van der Waals surface area contributed by atoms with Gasteiger partial charge in [-0.3, -0.25) is 0 Å². The molecule has 19 heavy (non-hydrogen) atoms. The maximum Gasteiger partial charge on any atom is 0.185 e. The summed E-state index contributed by atoms with van der Waals surface area (Å²) < 4.78 is 28.5. The van der Waals surface area contributed by atoms with E-state index in [1.165, 1.54) is 0 Å². The Morgan fingerprint density at radius 2 is 2.05 bits per heavy atom. The van der Waals surface area contributed by atoms with Crippen LogP contribution in [0.1, 0.15) is 33.6 Å². The first kappa shape index (κ1) is 16.2. The number of hydrogen-bond acceptors (Lipinski definition) is 6. The highest BCUT2D eigenvalue weighted by Gasteiger charge is 2.26. The van der Waals surface area contributed by atoms with Crippen molar-refractivity contribution in [3.63, 3.8) is 0 Å². The first-order valence-electron chi connectivity index (χ1n) is 6.48. The predicted octanol–water partition coefficient (Wildman–Crippen LogP) is 2.39. The quantitative estimate of drug-likeness (QED) is 0.837. The Labute approximate surface area is 119 Å². The zero-order valence-corrected chi connectivity index (χ0v) is 13.6. The number of nitrogens with zero attached hydrogens (tertiary/aromatic N) is 2. The molecule has 0 atom stereocenters. The van der Waals surface area contributed by atoms with Crippen molar-refractivity contribution in [2.75, 3.05) is 30.0 Å². The fourth-order valence-electron chi connectivity index (χ4n) is 1.74. The van der Waals surface area contributed by atoms with Crippen molar-refractivity contribution < 1.29 is 8.42 Å². The molecule has 0 amide bonds. The van der Waals surface area contributed by atoms with E-state index in [1.807, 2.05) is 18.9 Å². The molecule has 0 radical (unpaired) electrons. The molecule has 0 fully saturated rings. The summed E-state index contributed by atoms with van der Waals surface area (Å²) in [6.07, 6.45) is 1.58. The van der Waals surface area contributed by atoms with Crippen LogP contribution in [0, 0.1) is 5.92 Å². The molecule has 1 aromatic heterocycles. The smallest absolute Gasteiger partial charge is 0.185 e. The van der Waals surface area contributed by atoms with Crippen LogP contribution in [0.5, 0.6) is 0 Å². The second-order valence-electron chi connectivity index (χ2n) is 5.13. The number of hydrogen-bond donors (Lipinski definition) is 1. The van der Waals surface area contributed by atoms with Crippen LogP contribution < -0.4 is 10.6 Å². The van der Waals surface area contributed by atoms with E-state index >= 15 is 0 Å². The summed E-state index contributed by atoms with van der Waals surface area (Å²) in [4.78, 5) is 2.15. The number of nitrogens with two attached hydrogens (primary N) is 1. The zero-order chi connectivity index (χ0) is 14.6. The molecule has 0 aliphatic heterocycles. The van der Waals surface area contributed by atoms with Crippen molar-refractivity contribution in [3.05, 3.63) is 0 Å². The lowest BCUT2D eigenvalue weighted by molar-refractivity contribution is 0.583. The standard InChI is InChI=1S/C12H23N3O2S2/c1-5-8-19(16,17)10-11(13)14-18-12(10)15(4)7-6-9(2)3/h9H,5-8H2,1-4H3,(H2,13,14). The van der Waals surface area contributed by atoms with Gasteiger partial charge in [0.1, 0.15) is 9.90 Å². The van der Waals surface area contributed by atoms with Gasteiger partial charge in [0.2, 0.25) is 0 Å². The summed E-state index contributed by atoms with van der Waals surface area (Å²) in [5.41, 5.74) is 5.74. The van der Waals surface area contributed by atoms with Crippen molar-refractivity contribution in [2.45, 2.75) is 38.5 Å². The Balaban J connectivity index is 3.04. The molecule has 0 saturated carbocycles. The van der Waals surface area contributed by atoms with Crippen LogP contribution in [-0.4, -0.2) is 32.1 Å². The second-order valence-corrected chi connectivity index (χ2v) is 7.92. The predicted molar refractivity (Wildman–Crippen MR) is 81.6 cm³/mol. The van der Waals surface area contributed by atoms with E-state index in [2.05, 4.69) is 18.2 Å². The van der Waals surface area contributed by atoms with E-state index < -0.39 is 9.84 Å². The SMILES string of the molecule is CCCS(=O)(=O)c1c(N)nsc1N(C)CCC(C)C. The molecule has 0 saturated heterocycles. The molecule has 0 unspecified atom stereocenters. The van der Waals surface area contributed by atoms with Crippen LogP contribution in [0.15, 0.2) is 4.90 Å². The molecular formula is C12H23N3O2S2. The largest absolute Gasteiger partial charge is 0.382 e. The van der Waals surface area contributed by atoms with Gasteiger partial charge in [-0.1, -0.05) is 20.8 Å². The third-order valence-electron chi connectivity index (χ3n) is 2.83. The highest BCUT2D eigenvalue weighted by atomic mass is 32.2. The van der Waals surface area contributed by atoms with Crippen LogP contribution in [0.4, 0.5) is 10.8 Å². The first-order chi connectivity index (χ1) is 8.79. The zero-order valence-electron chi connectivity index (χ0n) is 12.0. The topological polar surface area (TPSA) is 76.3 Å². The molecular weight excluding hydrogens is 282 g/mol. The van der Waals surface area contributed by atoms with Crippen molar-refractivity contribution >= 4 is 32.2 Å². The van der Waals surface area contributed by atoms with Gasteiger partial charge in [0.15, 0.2) is 15.7 Å². The third kappa shape index (κ3) is 4.07. The molecule has 110 valence electrons. The molecule has 2 N–H and O–H groups in total. The maximum atomic E-state index is 12.2. The summed E-state index contributed by atoms with van der Waals surface area (Å²) in [6, 6.07) is 0. The summed E-state index contributed by atoms with van der Waals surface area (Å²) in [7, 11) is -1.44. The van der Waals surface area contributed by atoms with Crippen molar-refractivity contribution in [3.8, 4) is 0 Å². The van der Waals surface area contributed by atoms with Gasteiger partial charge in [-0.05, 0) is 30.3 Å². The molecule has 1 heterocycles. The van der Waals surface area contributed by atoms with Crippen LogP contribution in [0.2, 0.25) is 0 Å². The summed E-state index contributed by atoms with van der Waals surface area (Å²) in [5.74, 6) is 0.814. The number of nitrogen functional groups attached to an aromatic ring is 1. The summed E-state index contributed by atoms with van der Waals surface area (Å²) in [5, 5.41) is 0.659. The molecule has 7 heteroatoms. The second kappa shape index (κ2) is 6.56. The third-order valence-corrected chi connectivity index (χ3v) is 5.91. The highest BCUT2D eigenvalue weighted by molar-refractivity contribution is 7.91. The first-order valence-corrected chi connectivity index (χ1v) is 8.91. The van der Waals surface area contributed by atoms with E-state index in [0.717, 1.165) is 24.5 Å². The van der Waals surface area contributed by atoms with Crippen molar-refractivity contribution in [1.82, 2.24) is 4.37 Å².